The molecule has 4 rings (SSSR count). The fraction of sp³-hybridized carbons (Fsp3) is 0.379. The molecule has 0 saturated carbocycles. The van der Waals surface area contributed by atoms with Crippen LogP contribution in [-0.4, -0.2) is 40.5 Å². The van der Waals surface area contributed by atoms with Crippen molar-refractivity contribution < 1.29 is 9.59 Å². The van der Waals surface area contributed by atoms with Gasteiger partial charge >= 0.3 is 0 Å². The molecule has 2 amide bonds. The molecule has 6 nitrogen and oxygen atoms in total. The molecule has 1 aromatic heterocycles. The van der Waals surface area contributed by atoms with E-state index in [-0.39, 0.29) is 23.7 Å². The Hall–Kier alpha value is -3.37. The highest BCUT2D eigenvalue weighted by Gasteiger charge is 2.30. The van der Waals surface area contributed by atoms with Crippen LogP contribution in [0.25, 0.3) is 10.9 Å². The Morgan fingerprint density at radius 2 is 1.97 bits per heavy atom. The van der Waals surface area contributed by atoms with Gasteiger partial charge in [0.05, 0.1) is 29.3 Å². The highest BCUT2D eigenvalue weighted by atomic mass is 32.2. The van der Waals surface area contributed by atoms with Gasteiger partial charge in [-0.1, -0.05) is 57.0 Å². The van der Waals surface area contributed by atoms with Gasteiger partial charge < -0.3 is 10.2 Å². The van der Waals surface area contributed by atoms with Crippen LogP contribution >= 0.6 is 11.8 Å². The fourth-order valence-electron chi connectivity index (χ4n) is 4.68. The Balaban J connectivity index is 1.50. The third kappa shape index (κ3) is 5.71. The molecule has 1 aliphatic rings. The molecule has 1 N–H and O–H groups in total. The second kappa shape index (κ2) is 12.0. The zero-order valence-corrected chi connectivity index (χ0v) is 21.7. The number of rotatable bonds is 9. The summed E-state index contributed by atoms with van der Waals surface area (Å²) in [6.45, 7) is 4.91. The standard InChI is InChI=1S/C29H32N4O2S/c1-3-5-8-21(4-2)26-17-24(23-9-6-7-10-25(23)32-26)28(35)31-19-27(34)33-15-16-36-29(33)22-13-11-20(18-30)12-14-22/h6-7,9-14,17,21,29H,3-5,8,15-16,19H2,1-2H3,(H,31,35)/t21?,29-/m1/s1. The van der Waals surface area contributed by atoms with E-state index in [1.165, 1.54) is 0 Å². The van der Waals surface area contributed by atoms with Crippen molar-refractivity contribution in [3.63, 3.8) is 0 Å². The number of unbranched alkanes of at least 4 members (excludes halogenated alkanes) is 1. The molecule has 7 heteroatoms. The van der Waals surface area contributed by atoms with Gasteiger partial charge in [-0.2, -0.15) is 5.26 Å². The van der Waals surface area contributed by atoms with Gasteiger partial charge in [-0.25, -0.2) is 0 Å². The van der Waals surface area contributed by atoms with Crippen LogP contribution in [0.1, 0.15) is 78.0 Å². The molecule has 1 fully saturated rings. The zero-order valence-electron chi connectivity index (χ0n) is 20.9. The molecular formula is C29H32N4O2S. The van der Waals surface area contributed by atoms with Gasteiger partial charge in [-0.3, -0.25) is 14.6 Å². The summed E-state index contributed by atoms with van der Waals surface area (Å²) in [5, 5.41) is 12.6. The zero-order chi connectivity index (χ0) is 25.5. The van der Waals surface area contributed by atoms with E-state index in [1.54, 1.807) is 28.8 Å². The smallest absolute Gasteiger partial charge is 0.252 e. The van der Waals surface area contributed by atoms with Gasteiger partial charge in [0, 0.05) is 29.3 Å². The minimum atomic E-state index is -0.254. The van der Waals surface area contributed by atoms with E-state index in [2.05, 4.69) is 25.2 Å². The van der Waals surface area contributed by atoms with Crippen LogP contribution in [-0.2, 0) is 4.79 Å². The average Bonchev–Trinajstić information content (AvgIpc) is 3.42. The normalized spacial score (nSPS) is 16.0. The molecule has 0 aliphatic carbocycles. The molecule has 2 atom stereocenters. The Labute approximate surface area is 217 Å². The van der Waals surface area contributed by atoms with Crippen LogP contribution in [0.15, 0.2) is 54.6 Å². The van der Waals surface area contributed by atoms with Crippen LogP contribution in [0.4, 0.5) is 0 Å². The number of fused-ring (bicyclic) bond motifs is 1. The molecule has 2 aromatic carbocycles. The van der Waals surface area contributed by atoms with Crippen molar-refractivity contribution in [2.45, 2.75) is 50.8 Å². The average molecular weight is 501 g/mol. The topological polar surface area (TPSA) is 86.1 Å². The quantitative estimate of drug-likeness (QED) is 0.402. The summed E-state index contributed by atoms with van der Waals surface area (Å²) in [5.74, 6) is 0.766. The second-order valence-electron chi connectivity index (χ2n) is 9.09. The number of nitrogens with zero attached hydrogens (tertiary/aromatic N) is 3. The van der Waals surface area contributed by atoms with Gasteiger partial charge in [0.1, 0.15) is 5.37 Å². The number of nitriles is 1. The number of carbonyl (C=O) groups is 2. The van der Waals surface area contributed by atoms with Crippen molar-refractivity contribution in [2.75, 3.05) is 18.8 Å². The van der Waals surface area contributed by atoms with E-state index < -0.39 is 0 Å². The maximum Gasteiger partial charge on any atom is 0.252 e. The number of aromatic nitrogens is 1. The molecule has 0 bridgehead atoms. The minimum Gasteiger partial charge on any atom is -0.343 e. The van der Waals surface area contributed by atoms with E-state index in [0.717, 1.165) is 53.6 Å². The number of amides is 2. The van der Waals surface area contributed by atoms with Crippen LogP contribution in [0.2, 0.25) is 0 Å². The Bertz CT molecular complexity index is 1270. The number of thioether (sulfide) groups is 1. The third-order valence-electron chi connectivity index (χ3n) is 6.73. The first-order valence-corrected chi connectivity index (χ1v) is 13.7. The predicted octanol–water partition coefficient (Wildman–Crippen LogP) is 5.79. The van der Waals surface area contributed by atoms with Gasteiger partial charge in [0.25, 0.3) is 5.91 Å². The van der Waals surface area contributed by atoms with Crippen LogP contribution < -0.4 is 5.32 Å². The third-order valence-corrected chi connectivity index (χ3v) is 7.99. The second-order valence-corrected chi connectivity index (χ2v) is 10.3. The molecule has 1 aliphatic heterocycles. The number of para-hydroxylation sites is 1. The molecule has 0 spiro atoms. The summed E-state index contributed by atoms with van der Waals surface area (Å²) in [6.07, 6.45) is 4.25. The van der Waals surface area contributed by atoms with Crippen molar-refractivity contribution >= 4 is 34.5 Å². The number of pyridine rings is 1. The first-order valence-electron chi connectivity index (χ1n) is 12.6. The summed E-state index contributed by atoms with van der Waals surface area (Å²) in [4.78, 5) is 33.1. The Morgan fingerprint density at radius 1 is 1.19 bits per heavy atom. The van der Waals surface area contributed by atoms with Crippen LogP contribution in [0.3, 0.4) is 0 Å². The fourth-order valence-corrected chi connectivity index (χ4v) is 5.96. The molecule has 2 heterocycles. The Kier molecular flexibility index (Phi) is 8.61. The summed E-state index contributed by atoms with van der Waals surface area (Å²) in [7, 11) is 0. The Morgan fingerprint density at radius 3 is 2.69 bits per heavy atom. The molecule has 36 heavy (non-hydrogen) atoms. The predicted molar refractivity (Wildman–Crippen MR) is 145 cm³/mol. The molecule has 186 valence electrons. The van der Waals surface area contributed by atoms with Crippen molar-refractivity contribution in [3.8, 4) is 6.07 Å². The number of benzene rings is 2. The molecule has 0 radical (unpaired) electrons. The lowest BCUT2D eigenvalue weighted by Gasteiger charge is -2.24. The summed E-state index contributed by atoms with van der Waals surface area (Å²) >= 11 is 1.69. The monoisotopic (exact) mass is 500 g/mol. The maximum absolute atomic E-state index is 13.3. The van der Waals surface area contributed by atoms with Gasteiger partial charge in [-0.05, 0) is 42.7 Å². The lowest BCUT2D eigenvalue weighted by Crippen LogP contribution is -2.39. The number of hydrogen-bond donors (Lipinski definition) is 1. The number of carbonyl (C=O) groups excluding carboxylic acids is 2. The molecule has 3 aromatic rings. The van der Waals surface area contributed by atoms with Crippen LogP contribution in [0.5, 0.6) is 0 Å². The van der Waals surface area contributed by atoms with Gasteiger partial charge in [-0.15, -0.1) is 11.8 Å². The summed E-state index contributed by atoms with van der Waals surface area (Å²) < 4.78 is 0. The van der Waals surface area contributed by atoms with Crippen LogP contribution in [0, 0.1) is 11.3 Å². The van der Waals surface area contributed by atoms with E-state index in [4.69, 9.17) is 10.2 Å². The van der Waals surface area contributed by atoms with Gasteiger partial charge in [0.15, 0.2) is 0 Å². The summed E-state index contributed by atoms with van der Waals surface area (Å²) in [5.41, 5.74) is 3.89. The van der Waals surface area contributed by atoms with Crippen molar-refractivity contribution in [2.24, 2.45) is 0 Å². The first kappa shape index (κ1) is 25.7. The largest absolute Gasteiger partial charge is 0.343 e. The minimum absolute atomic E-state index is 0.0643. The van der Waals surface area contributed by atoms with Crippen molar-refractivity contribution in [1.82, 2.24) is 15.2 Å². The highest BCUT2D eigenvalue weighted by molar-refractivity contribution is 7.99. The number of nitrogens with one attached hydrogen (secondary N) is 1. The molecule has 1 unspecified atom stereocenters. The number of hydrogen-bond acceptors (Lipinski definition) is 5. The SMILES string of the molecule is CCCCC(CC)c1cc(C(=O)NCC(=O)N2CCS[C@@H]2c2ccc(C#N)cc2)c2ccccc2n1. The van der Waals surface area contributed by atoms with Crippen molar-refractivity contribution in [1.29, 1.82) is 5.26 Å². The van der Waals surface area contributed by atoms with E-state index >= 15 is 0 Å². The van der Waals surface area contributed by atoms with E-state index in [1.807, 2.05) is 42.5 Å². The lowest BCUT2D eigenvalue weighted by molar-refractivity contribution is -0.130. The first-order chi connectivity index (χ1) is 17.5. The molecule has 1 saturated heterocycles. The van der Waals surface area contributed by atoms with Crippen molar-refractivity contribution in [3.05, 3.63) is 77.0 Å². The highest BCUT2D eigenvalue weighted by Crippen LogP contribution is 2.37. The van der Waals surface area contributed by atoms with E-state index in [0.29, 0.717) is 23.6 Å². The maximum atomic E-state index is 13.3. The lowest BCUT2D eigenvalue weighted by atomic mass is 9.93. The molecular weight excluding hydrogens is 468 g/mol. The summed E-state index contributed by atoms with van der Waals surface area (Å²) in [6, 6.07) is 19.1. The van der Waals surface area contributed by atoms with E-state index in [9.17, 15) is 9.59 Å². The van der Waals surface area contributed by atoms with Gasteiger partial charge in [0.2, 0.25) is 5.91 Å².